The normalized spacial score (nSPS) is 23.3. The number of benzene rings is 1. The monoisotopic (exact) mass is 371 g/mol. The van der Waals surface area contributed by atoms with Gasteiger partial charge in [-0.1, -0.05) is 12.1 Å². The molecule has 2 fully saturated rings. The number of aliphatic hydroxyl groups excluding tert-OH is 1. The van der Waals surface area contributed by atoms with E-state index in [0.29, 0.717) is 31.5 Å². The maximum atomic E-state index is 12.8. The molecule has 1 unspecified atom stereocenters. The zero-order chi connectivity index (χ0) is 18.1. The Morgan fingerprint density at radius 1 is 1.31 bits per heavy atom. The van der Waals surface area contributed by atoms with Gasteiger partial charge in [-0.05, 0) is 48.4 Å². The molecule has 0 radical (unpaired) electrons. The summed E-state index contributed by atoms with van der Waals surface area (Å²) in [6.07, 6.45) is 1.14. The summed E-state index contributed by atoms with van der Waals surface area (Å²) in [6, 6.07) is 10.9. The number of amides is 3. The minimum absolute atomic E-state index is 0.0929. The van der Waals surface area contributed by atoms with E-state index in [1.807, 2.05) is 23.6 Å². The van der Waals surface area contributed by atoms with Crippen LogP contribution in [0.5, 0.6) is 0 Å². The smallest absolute Gasteiger partial charge is 0.321 e. The number of aliphatic hydroxyl groups is 1. The Hall–Kier alpha value is -2.38. The predicted octanol–water partition coefficient (Wildman–Crippen LogP) is 2.52. The van der Waals surface area contributed by atoms with E-state index in [9.17, 15) is 14.7 Å². The van der Waals surface area contributed by atoms with Crippen molar-refractivity contribution >= 4 is 29.0 Å². The van der Waals surface area contributed by atoms with E-state index in [-0.39, 0.29) is 30.0 Å². The van der Waals surface area contributed by atoms with E-state index in [0.717, 1.165) is 10.6 Å². The van der Waals surface area contributed by atoms with E-state index in [1.54, 1.807) is 34.4 Å². The van der Waals surface area contributed by atoms with Gasteiger partial charge >= 0.3 is 6.03 Å². The third-order valence-corrected chi connectivity index (χ3v) is 5.99. The first-order valence-corrected chi connectivity index (χ1v) is 9.67. The number of thiophene rings is 1. The van der Waals surface area contributed by atoms with E-state index in [1.165, 1.54) is 0 Å². The predicted molar refractivity (Wildman–Crippen MR) is 100 cm³/mol. The molecule has 6 nitrogen and oxygen atoms in total. The van der Waals surface area contributed by atoms with Gasteiger partial charge in [0.25, 0.3) is 5.91 Å². The van der Waals surface area contributed by atoms with Crippen LogP contribution in [0.25, 0.3) is 0 Å². The summed E-state index contributed by atoms with van der Waals surface area (Å²) in [6.45, 7) is 1.21. The number of rotatable bonds is 5. The lowest BCUT2D eigenvalue weighted by atomic mass is 9.76. The van der Waals surface area contributed by atoms with Crippen LogP contribution in [0.4, 0.5) is 10.5 Å². The van der Waals surface area contributed by atoms with Crippen LogP contribution in [-0.2, 0) is 0 Å². The van der Waals surface area contributed by atoms with Gasteiger partial charge in [-0.25, -0.2) is 4.79 Å². The Balaban J connectivity index is 1.52. The number of hydrogen-bond acceptors (Lipinski definition) is 4. The Labute approximate surface area is 155 Å². The second-order valence-electron chi connectivity index (χ2n) is 6.79. The highest BCUT2D eigenvalue weighted by Gasteiger charge is 2.36. The van der Waals surface area contributed by atoms with E-state index < -0.39 is 0 Å². The minimum atomic E-state index is -0.267. The molecule has 1 aromatic heterocycles. The quantitative estimate of drug-likeness (QED) is 0.755. The van der Waals surface area contributed by atoms with Crippen LogP contribution in [-0.4, -0.2) is 36.2 Å². The number of hydrogen-bond donors (Lipinski definition) is 3. The van der Waals surface area contributed by atoms with Crippen molar-refractivity contribution in [1.82, 2.24) is 10.6 Å². The standard InChI is InChI=1S/C19H21N3O3S/c23-15-10-13(11-15)17(16-5-2-8-26-16)21-18(24)12-3-1-4-14(9-12)22-7-6-20-19(22)25/h1-5,8-9,13,15,17,23H,6-7,10-11H2,(H,20,25)(H,21,24). The largest absolute Gasteiger partial charge is 0.393 e. The average Bonchev–Trinajstić information content (AvgIpc) is 3.29. The molecule has 1 saturated heterocycles. The van der Waals surface area contributed by atoms with Crippen molar-refractivity contribution < 1.29 is 14.7 Å². The molecule has 0 spiro atoms. The van der Waals surface area contributed by atoms with Crippen LogP contribution in [0, 0.1) is 5.92 Å². The molecule has 1 aliphatic carbocycles. The fourth-order valence-corrected chi connectivity index (χ4v) is 4.42. The lowest BCUT2D eigenvalue weighted by Crippen LogP contribution is -2.41. The summed E-state index contributed by atoms with van der Waals surface area (Å²) in [7, 11) is 0. The summed E-state index contributed by atoms with van der Waals surface area (Å²) in [5.41, 5.74) is 1.25. The molecule has 2 aromatic rings. The SMILES string of the molecule is O=C(NC(c1cccs1)C1CC(O)C1)c1cccc(N2CCNC2=O)c1. The Bertz CT molecular complexity index is 802. The van der Waals surface area contributed by atoms with Gasteiger partial charge in [0.1, 0.15) is 0 Å². The third kappa shape index (κ3) is 3.32. The summed E-state index contributed by atoms with van der Waals surface area (Å²) in [5.74, 6) is 0.0892. The van der Waals surface area contributed by atoms with Crippen molar-refractivity contribution in [3.63, 3.8) is 0 Å². The van der Waals surface area contributed by atoms with Crippen molar-refractivity contribution in [1.29, 1.82) is 0 Å². The molecule has 2 aliphatic rings. The molecule has 1 saturated carbocycles. The highest BCUT2D eigenvalue weighted by atomic mass is 32.1. The molecule has 1 aliphatic heterocycles. The molecule has 4 rings (SSSR count). The van der Waals surface area contributed by atoms with E-state index >= 15 is 0 Å². The van der Waals surface area contributed by atoms with Crippen LogP contribution in [0.2, 0.25) is 0 Å². The van der Waals surface area contributed by atoms with Gasteiger partial charge in [0, 0.05) is 29.2 Å². The summed E-state index contributed by atoms with van der Waals surface area (Å²) in [4.78, 5) is 27.4. The first-order valence-electron chi connectivity index (χ1n) is 8.79. The molecule has 3 amide bonds. The number of anilines is 1. The van der Waals surface area contributed by atoms with Crippen molar-refractivity contribution in [3.05, 3.63) is 52.2 Å². The number of carbonyl (C=O) groups is 2. The van der Waals surface area contributed by atoms with Gasteiger partial charge < -0.3 is 15.7 Å². The minimum Gasteiger partial charge on any atom is -0.393 e. The molecule has 1 atom stereocenters. The second-order valence-corrected chi connectivity index (χ2v) is 7.77. The summed E-state index contributed by atoms with van der Waals surface area (Å²) < 4.78 is 0. The Morgan fingerprint density at radius 2 is 2.15 bits per heavy atom. The molecule has 7 heteroatoms. The van der Waals surface area contributed by atoms with E-state index in [2.05, 4.69) is 10.6 Å². The zero-order valence-corrected chi connectivity index (χ0v) is 15.0. The van der Waals surface area contributed by atoms with Crippen molar-refractivity contribution in [2.45, 2.75) is 25.0 Å². The average molecular weight is 371 g/mol. The van der Waals surface area contributed by atoms with Gasteiger partial charge in [-0.15, -0.1) is 11.3 Å². The lowest BCUT2D eigenvalue weighted by molar-refractivity contribution is 0.0241. The molecule has 0 bridgehead atoms. The number of urea groups is 1. The van der Waals surface area contributed by atoms with Gasteiger partial charge in [0.05, 0.1) is 12.1 Å². The lowest BCUT2D eigenvalue weighted by Gasteiger charge is -2.37. The summed E-state index contributed by atoms with van der Waals surface area (Å²) in [5, 5.41) is 17.5. The molecule has 2 heterocycles. The van der Waals surface area contributed by atoms with Crippen molar-refractivity contribution in [3.8, 4) is 0 Å². The summed E-state index contributed by atoms with van der Waals surface area (Å²) >= 11 is 1.61. The molecular weight excluding hydrogens is 350 g/mol. The topological polar surface area (TPSA) is 81.7 Å². The first kappa shape index (κ1) is 17.1. The molecule has 3 N–H and O–H groups in total. The molecule has 136 valence electrons. The first-order chi connectivity index (χ1) is 12.6. The van der Waals surface area contributed by atoms with Gasteiger partial charge in [-0.2, -0.15) is 0 Å². The van der Waals surface area contributed by atoms with E-state index in [4.69, 9.17) is 0 Å². The maximum Gasteiger partial charge on any atom is 0.321 e. The van der Waals surface area contributed by atoms with Crippen LogP contribution in [0.15, 0.2) is 41.8 Å². The second kappa shape index (κ2) is 7.09. The Morgan fingerprint density at radius 3 is 2.81 bits per heavy atom. The van der Waals surface area contributed by atoms with Crippen LogP contribution >= 0.6 is 11.3 Å². The molecule has 1 aromatic carbocycles. The molecule has 26 heavy (non-hydrogen) atoms. The van der Waals surface area contributed by atoms with Crippen molar-refractivity contribution in [2.24, 2.45) is 5.92 Å². The highest BCUT2D eigenvalue weighted by Crippen LogP contribution is 2.39. The Kier molecular flexibility index (Phi) is 4.65. The zero-order valence-electron chi connectivity index (χ0n) is 14.2. The van der Waals surface area contributed by atoms with Gasteiger partial charge in [0.2, 0.25) is 0 Å². The van der Waals surface area contributed by atoms with Crippen LogP contribution < -0.4 is 15.5 Å². The van der Waals surface area contributed by atoms with Crippen molar-refractivity contribution in [2.75, 3.05) is 18.0 Å². The highest BCUT2D eigenvalue weighted by molar-refractivity contribution is 7.10. The number of nitrogens with one attached hydrogen (secondary N) is 2. The van der Waals surface area contributed by atoms with Gasteiger partial charge in [-0.3, -0.25) is 9.69 Å². The number of nitrogens with zero attached hydrogens (tertiary/aromatic N) is 1. The van der Waals surface area contributed by atoms with Crippen LogP contribution in [0.1, 0.15) is 34.1 Å². The molecular formula is C19H21N3O3S. The van der Waals surface area contributed by atoms with Crippen LogP contribution in [0.3, 0.4) is 0 Å². The maximum absolute atomic E-state index is 12.8. The fourth-order valence-electron chi connectivity index (χ4n) is 3.55. The number of carbonyl (C=O) groups excluding carboxylic acids is 2. The van der Waals surface area contributed by atoms with Gasteiger partial charge in [0.15, 0.2) is 0 Å². The third-order valence-electron chi connectivity index (χ3n) is 5.03. The fraction of sp³-hybridized carbons (Fsp3) is 0.368.